The van der Waals surface area contributed by atoms with Crippen LogP contribution in [0.1, 0.15) is 41.9 Å². The lowest BCUT2D eigenvalue weighted by Crippen LogP contribution is -2.09. The molecule has 1 aliphatic carbocycles. The zero-order valence-corrected chi connectivity index (χ0v) is 12.0. The van der Waals surface area contributed by atoms with Crippen LogP contribution in [0, 0.1) is 0 Å². The van der Waals surface area contributed by atoms with Crippen molar-refractivity contribution in [3.8, 4) is 0 Å². The fraction of sp³-hybridized carbons (Fsp3) is 0.412. The van der Waals surface area contributed by atoms with Crippen molar-refractivity contribution < 1.29 is 0 Å². The molecule has 20 heavy (non-hydrogen) atoms. The first-order valence-corrected chi connectivity index (χ1v) is 7.47. The maximum absolute atomic E-state index is 4.83. The van der Waals surface area contributed by atoms with Crippen molar-refractivity contribution in [2.24, 2.45) is 0 Å². The van der Waals surface area contributed by atoms with E-state index >= 15 is 0 Å². The highest BCUT2D eigenvalue weighted by atomic mass is 15.0. The number of nitrogens with one attached hydrogen (secondary N) is 1. The highest BCUT2D eigenvalue weighted by molar-refractivity contribution is 5.47. The van der Waals surface area contributed by atoms with Crippen LogP contribution in [0.2, 0.25) is 0 Å². The maximum atomic E-state index is 4.83. The Balaban J connectivity index is 1.94. The van der Waals surface area contributed by atoms with Crippen LogP contribution in [-0.4, -0.2) is 17.0 Å². The second kappa shape index (κ2) is 6.04. The summed E-state index contributed by atoms with van der Waals surface area (Å²) in [4.78, 5) is 9.55. The molecule has 3 heteroatoms. The topological polar surface area (TPSA) is 37.8 Å². The molecule has 0 radical (unpaired) electrons. The third-order valence-corrected chi connectivity index (χ3v) is 3.92. The Kier molecular flexibility index (Phi) is 3.95. The van der Waals surface area contributed by atoms with Crippen LogP contribution in [0.4, 0.5) is 5.82 Å². The minimum absolute atomic E-state index is 0.808. The SMILES string of the molecule is CNc1nc(Cc2ccccc2)nc2c1CCCCC2. The maximum Gasteiger partial charge on any atom is 0.135 e. The van der Waals surface area contributed by atoms with Gasteiger partial charge in [0, 0.05) is 24.7 Å². The number of hydrogen-bond donors (Lipinski definition) is 1. The van der Waals surface area contributed by atoms with Crippen LogP contribution in [0.15, 0.2) is 30.3 Å². The zero-order valence-electron chi connectivity index (χ0n) is 12.0. The fourth-order valence-corrected chi connectivity index (χ4v) is 2.89. The molecule has 0 unspecified atom stereocenters. The van der Waals surface area contributed by atoms with E-state index < -0.39 is 0 Å². The normalized spacial score (nSPS) is 14.4. The van der Waals surface area contributed by atoms with Crippen molar-refractivity contribution in [2.75, 3.05) is 12.4 Å². The second-order valence-corrected chi connectivity index (χ2v) is 5.39. The Morgan fingerprint density at radius 3 is 2.60 bits per heavy atom. The summed E-state index contributed by atoms with van der Waals surface area (Å²) in [6, 6.07) is 10.4. The summed E-state index contributed by atoms with van der Waals surface area (Å²) in [5, 5.41) is 3.26. The molecule has 0 atom stereocenters. The van der Waals surface area contributed by atoms with E-state index in [2.05, 4.69) is 29.6 Å². The number of hydrogen-bond acceptors (Lipinski definition) is 3. The monoisotopic (exact) mass is 267 g/mol. The van der Waals surface area contributed by atoms with Gasteiger partial charge in [0.1, 0.15) is 11.6 Å². The molecule has 104 valence electrons. The van der Waals surface area contributed by atoms with Crippen molar-refractivity contribution in [1.29, 1.82) is 0 Å². The number of benzene rings is 1. The first-order chi connectivity index (χ1) is 9.86. The highest BCUT2D eigenvalue weighted by Crippen LogP contribution is 2.25. The Morgan fingerprint density at radius 2 is 1.80 bits per heavy atom. The van der Waals surface area contributed by atoms with Gasteiger partial charge in [0.25, 0.3) is 0 Å². The average Bonchev–Trinajstić information content (AvgIpc) is 2.73. The van der Waals surface area contributed by atoms with Crippen molar-refractivity contribution in [3.05, 3.63) is 53.0 Å². The Labute approximate surface area is 120 Å². The molecule has 1 aliphatic rings. The molecule has 1 heterocycles. The van der Waals surface area contributed by atoms with Gasteiger partial charge >= 0.3 is 0 Å². The first kappa shape index (κ1) is 13.1. The largest absolute Gasteiger partial charge is 0.373 e. The minimum atomic E-state index is 0.808. The summed E-state index contributed by atoms with van der Waals surface area (Å²) in [6.07, 6.45) is 6.81. The predicted octanol–water partition coefficient (Wildman–Crippen LogP) is 3.38. The lowest BCUT2D eigenvalue weighted by atomic mass is 10.1. The summed E-state index contributed by atoms with van der Waals surface area (Å²) < 4.78 is 0. The molecular weight excluding hydrogens is 246 g/mol. The number of aromatic nitrogens is 2. The molecule has 3 rings (SSSR count). The standard InChI is InChI=1S/C17H21N3/c1-18-17-14-10-6-3-7-11-15(14)19-16(20-17)12-13-8-4-2-5-9-13/h2,4-5,8-9H,3,6-7,10-12H2,1H3,(H,18,19,20). The van der Waals surface area contributed by atoms with Crippen LogP contribution in [-0.2, 0) is 19.3 Å². The minimum Gasteiger partial charge on any atom is -0.373 e. The van der Waals surface area contributed by atoms with E-state index in [4.69, 9.17) is 9.97 Å². The number of nitrogens with zero attached hydrogens (tertiary/aromatic N) is 2. The second-order valence-electron chi connectivity index (χ2n) is 5.39. The molecule has 1 aromatic heterocycles. The number of fused-ring (bicyclic) bond motifs is 1. The van der Waals surface area contributed by atoms with E-state index in [1.165, 1.54) is 36.1 Å². The molecule has 0 saturated carbocycles. The molecular formula is C17H21N3. The number of rotatable bonds is 3. The van der Waals surface area contributed by atoms with Crippen LogP contribution in [0.5, 0.6) is 0 Å². The quantitative estimate of drug-likeness (QED) is 0.866. The van der Waals surface area contributed by atoms with E-state index in [9.17, 15) is 0 Å². The summed E-state index contributed by atoms with van der Waals surface area (Å²) in [5.41, 5.74) is 3.86. The Bertz CT molecular complexity index is 578. The molecule has 0 aliphatic heterocycles. The molecule has 0 bridgehead atoms. The lowest BCUT2D eigenvalue weighted by molar-refractivity contribution is 0.708. The van der Waals surface area contributed by atoms with Gasteiger partial charge in [-0.05, 0) is 31.2 Å². The zero-order chi connectivity index (χ0) is 13.8. The smallest absolute Gasteiger partial charge is 0.135 e. The molecule has 1 N–H and O–H groups in total. The summed E-state index contributed by atoms with van der Waals surface area (Å²) in [7, 11) is 1.96. The van der Waals surface area contributed by atoms with Gasteiger partial charge in [-0.15, -0.1) is 0 Å². The van der Waals surface area contributed by atoms with E-state index in [0.29, 0.717) is 0 Å². The van der Waals surface area contributed by atoms with Crippen molar-refractivity contribution in [2.45, 2.75) is 38.5 Å². The van der Waals surface area contributed by atoms with Gasteiger partial charge < -0.3 is 5.32 Å². The van der Waals surface area contributed by atoms with Gasteiger partial charge in [-0.1, -0.05) is 36.8 Å². The Hall–Kier alpha value is -1.90. The van der Waals surface area contributed by atoms with Gasteiger partial charge in [-0.2, -0.15) is 0 Å². The molecule has 0 spiro atoms. The number of aryl methyl sites for hydroxylation is 1. The van der Waals surface area contributed by atoms with Gasteiger partial charge in [0.05, 0.1) is 0 Å². The van der Waals surface area contributed by atoms with Crippen LogP contribution >= 0.6 is 0 Å². The van der Waals surface area contributed by atoms with Crippen molar-refractivity contribution >= 4 is 5.82 Å². The van der Waals surface area contributed by atoms with Crippen molar-refractivity contribution in [3.63, 3.8) is 0 Å². The first-order valence-electron chi connectivity index (χ1n) is 7.47. The predicted molar refractivity (Wildman–Crippen MR) is 82.1 cm³/mol. The van der Waals surface area contributed by atoms with Crippen molar-refractivity contribution in [1.82, 2.24) is 9.97 Å². The van der Waals surface area contributed by atoms with Crippen LogP contribution in [0.3, 0.4) is 0 Å². The molecule has 0 fully saturated rings. The van der Waals surface area contributed by atoms with E-state index in [0.717, 1.165) is 30.9 Å². The van der Waals surface area contributed by atoms with Gasteiger partial charge in [-0.25, -0.2) is 9.97 Å². The van der Waals surface area contributed by atoms with E-state index in [1.807, 2.05) is 13.1 Å². The summed E-state index contributed by atoms with van der Waals surface area (Å²) >= 11 is 0. The van der Waals surface area contributed by atoms with E-state index in [1.54, 1.807) is 0 Å². The lowest BCUT2D eigenvalue weighted by Gasteiger charge is -2.13. The summed E-state index contributed by atoms with van der Waals surface area (Å²) in [5.74, 6) is 1.96. The van der Waals surface area contributed by atoms with Gasteiger partial charge in [-0.3, -0.25) is 0 Å². The molecule has 0 amide bonds. The fourth-order valence-electron chi connectivity index (χ4n) is 2.89. The average molecular weight is 267 g/mol. The third-order valence-electron chi connectivity index (χ3n) is 3.92. The van der Waals surface area contributed by atoms with Crippen LogP contribution in [0.25, 0.3) is 0 Å². The van der Waals surface area contributed by atoms with Gasteiger partial charge in [0.2, 0.25) is 0 Å². The number of anilines is 1. The van der Waals surface area contributed by atoms with Gasteiger partial charge in [0.15, 0.2) is 0 Å². The highest BCUT2D eigenvalue weighted by Gasteiger charge is 2.16. The molecule has 3 nitrogen and oxygen atoms in total. The third kappa shape index (κ3) is 2.82. The Morgan fingerprint density at radius 1 is 1.00 bits per heavy atom. The van der Waals surface area contributed by atoms with Crippen LogP contribution < -0.4 is 5.32 Å². The summed E-state index contributed by atoms with van der Waals surface area (Å²) in [6.45, 7) is 0. The molecule has 2 aromatic rings. The van der Waals surface area contributed by atoms with E-state index in [-0.39, 0.29) is 0 Å². The molecule has 0 saturated heterocycles. The molecule has 1 aromatic carbocycles.